The molecule has 6 heteroatoms. The number of hydrogen-bond donors (Lipinski definition) is 0. The van der Waals surface area contributed by atoms with Crippen LogP contribution in [0.5, 0.6) is 0 Å². The highest BCUT2D eigenvalue weighted by molar-refractivity contribution is 5.99. The van der Waals surface area contributed by atoms with E-state index in [0.717, 1.165) is 32.1 Å². The number of carbonyl (C=O) groups is 4. The van der Waals surface area contributed by atoms with Gasteiger partial charge in [-0.2, -0.15) is 0 Å². The highest BCUT2D eigenvalue weighted by atomic mass is 16.6. The first-order valence-corrected chi connectivity index (χ1v) is 12.4. The summed E-state index contributed by atoms with van der Waals surface area (Å²) in [5, 5.41) is 0. The molecule has 0 aromatic carbocycles. The van der Waals surface area contributed by atoms with E-state index in [1.807, 2.05) is 0 Å². The van der Waals surface area contributed by atoms with Crippen molar-refractivity contribution in [3.05, 3.63) is 23.8 Å². The highest BCUT2D eigenvalue weighted by Crippen LogP contribution is 2.80. The smallest absolute Gasteiger partial charge is 0.318 e. The zero-order chi connectivity index (χ0) is 23.6. The van der Waals surface area contributed by atoms with E-state index in [4.69, 9.17) is 9.47 Å². The van der Waals surface area contributed by atoms with Crippen LogP contribution < -0.4 is 0 Å². The van der Waals surface area contributed by atoms with Gasteiger partial charge < -0.3 is 9.47 Å². The third-order valence-corrected chi connectivity index (χ3v) is 10.9. The van der Waals surface area contributed by atoms with Gasteiger partial charge in [-0.15, -0.1) is 0 Å². The summed E-state index contributed by atoms with van der Waals surface area (Å²) in [5.41, 5.74) is -0.495. The maximum atomic E-state index is 13.3. The lowest BCUT2D eigenvalue weighted by atomic mass is 9.31. The van der Waals surface area contributed by atoms with E-state index in [1.165, 1.54) is 12.5 Å². The Kier molecular flexibility index (Phi) is 4.03. The Balaban J connectivity index is 1.58. The number of esters is 3. The van der Waals surface area contributed by atoms with Crippen molar-refractivity contribution in [3.63, 3.8) is 0 Å². The van der Waals surface area contributed by atoms with Gasteiger partial charge in [0.05, 0.1) is 11.8 Å². The molecular formula is C27H32O6. The van der Waals surface area contributed by atoms with E-state index >= 15 is 0 Å². The molecule has 4 fully saturated rings. The standard InChI is InChI=1S/C27H32O6/c1-14(28)17-5-6-18-24(17,3)9-8-19-25(4)10-7-16(32-15(2)29)13-26(25)11-12-27(18,19)21-20(26)22(30)33-23(21)31/h8,11-12,16-18,20-21H,5-7,9-10,13H2,1-4H3/t16-,17+,18+,20-,21-,24-,25-,26-,27+/m1/s1. The Morgan fingerprint density at radius 2 is 1.76 bits per heavy atom. The molecule has 2 bridgehead atoms. The third kappa shape index (κ3) is 2.21. The van der Waals surface area contributed by atoms with E-state index < -0.39 is 34.6 Å². The minimum Gasteiger partial charge on any atom is -0.463 e. The number of ether oxygens (including phenoxy) is 2. The molecule has 1 heterocycles. The van der Waals surface area contributed by atoms with Crippen LogP contribution in [-0.2, 0) is 28.7 Å². The molecule has 6 aliphatic carbocycles. The summed E-state index contributed by atoms with van der Waals surface area (Å²) in [6.07, 6.45) is 11.0. The molecule has 1 aliphatic heterocycles. The second kappa shape index (κ2) is 6.25. The molecule has 7 aliphatic rings. The molecular weight excluding hydrogens is 420 g/mol. The summed E-state index contributed by atoms with van der Waals surface area (Å²) in [7, 11) is 0. The minimum atomic E-state index is -0.612. The van der Waals surface area contributed by atoms with Crippen molar-refractivity contribution >= 4 is 23.7 Å². The van der Waals surface area contributed by atoms with Crippen LogP contribution in [0.3, 0.4) is 0 Å². The van der Waals surface area contributed by atoms with Crippen LogP contribution in [-0.4, -0.2) is 29.8 Å². The van der Waals surface area contributed by atoms with Crippen molar-refractivity contribution < 1.29 is 28.7 Å². The SMILES string of the molecule is CC(=O)O[C@@H]1CC[C@]2(C)C3=CC[C@]4(C)[C@H](C(C)=O)CC[C@@H]4[C@@]34C=C[C@@]2(C1)[C@H]1C(=O)OC(=O)[C@@H]14. The number of carbonyl (C=O) groups excluding carboxylic acids is 4. The number of Topliss-reactive ketones (excluding diaryl/α,β-unsaturated/α-hetero) is 1. The van der Waals surface area contributed by atoms with Crippen LogP contribution in [0.2, 0.25) is 0 Å². The van der Waals surface area contributed by atoms with Crippen molar-refractivity contribution in [2.75, 3.05) is 0 Å². The lowest BCUT2D eigenvalue weighted by molar-refractivity contribution is -0.175. The van der Waals surface area contributed by atoms with Gasteiger partial charge >= 0.3 is 17.9 Å². The molecule has 3 saturated carbocycles. The van der Waals surface area contributed by atoms with E-state index in [-0.39, 0.29) is 40.5 Å². The normalized spacial score (nSPS) is 51.2. The maximum Gasteiger partial charge on any atom is 0.318 e. The summed E-state index contributed by atoms with van der Waals surface area (Å²) >= 11 is 0. The van der Waals surface area contributed by atoms with Gasteiger partial charge in [-0.05, 0) is 62.2 Å². The molecule has 9 atom stereocenters. The van der Waals surface area contributed by atoms with Gasteiger partial charge in [0.15, 0.2) is 0 Å². The summed E-state index contributed by atoms with van der Waals surface area (Å²) in [5.74, 6) is -2.02. The van der Waals surface area contributed by atoms with Crippen molar-refractivity contribution in [2.45, 2.75) is 72.3 Å². The second-order valence-electron chi connectivity index (χ2n) is 11.9. The molecule has 1 saturated heterocycles. The largest absolute Gasteiger partial charge is 0.463 e. The first kappa shape index (κ1) is 21.3. The van der Waals surface area contributed by atoms with Crippen LogP contribution >= 0.6 is 0 Å². The molecule has 0 unspecified atom stereocenters. The highest BCUT2D eigenvalue weighted by Gasteiger charge is 2.79. The predicted molar refractivity (Wildman–Crippen MR) is 117 cm³/mol. The fraction of sp³-hybridized carbons (Fsp3) is 0.704. The second-order valence-corrected chi connectivity index (χ2v) is 11.9. The Morgan fingerprint density at radius 3 is 2.45 bits per heavy atom. The number of hydrogen-bond acceptors (Lipinski definition) is 6. The number of cyclic esters (lactones) is 2. The van der Waals surface area contributed by atoms with Crippen molar-refractivity contribution in [1.82, 2.24) is 0 Å². The summed E-state index contributed by atoms with van der Waals surface area (Å²) < 4.78 is 11.0. The average molecular weight is 453 g/mol. The van der Waals surface area contributed by atoms with Crippen molar-refractivity contribution in [3.8, 4) is 0 Å². The third-order valence-electron chi connectivity index (χ3n) is 10.9. The van der Waals surface area contributed by atoms with E-state index in [9.17, 15) is 19.2 Å². The number of rotatable bonds is 2. The molecule has 0 aromatic heterocycles. The Morgan fingerprint density at radius 1 is 1.03 bits per heavy atom. The first-order valence-electron chi connectivity index (χ1n) is 12.4. The van der Waals surface area contributed by atoms with Crippen molar-refractivity contribution in [1.29, 1.82) is 0 Å². The van der Waals surface area contributed by atoms with Crippen LogP contribution in [0.25, 0.3) is 0 Å². The van der Waals surface area contributed by atoms with Crippen LogP contribution in [0, 0.1) is 45.3 Å². The van der Waals surface area contributed by atoms with Gasteiger partial charge in [-0.3, -0.25) is 19.2 Å². The zero-order valence-electron chi connectivity index (χ0n) is 19.8. The predicted octanol–water partition coefficient (Wildman–Crippen LogP) is 3.93. The summed E-state index contributed by atoms with van der Waals surface area (Å²) in [6.45, 7) is 7.55. The van der Waals surface area contributed by atoms with Gasteiger partial charge in [-0.25, -0.2) is 0 Å². The lowest BCUT2D eigenvalue weighted by Gasteiger charge is -2.71. The first-order chi connectivity index (χ1) is 15.5. The molecule has 0 N–H and O–H groups in total. The minimum absolute atomic E-state index is 0.0317. The zero-order valence-corrected chi connectivity index (χ0v) is 19.8. The Bertz CT molecular complexity index is 1070. The lowest BCUT2D eigenvalue weighted by Crippen LogP contribution is -2.69. The molecule has 6 nitrogen and oxygen atoms in total. The Labute approximate surface area is 194 Å². The summed E-state index contributed by atoms with van der Waals surface area (Å²) in [6, 6.07) is 0. The van der Waals surface area contributed by atoms with Crippen molar-refractivity contribution in [2.24, 2.45) is 45.3 Å². The van der Waals surface area contributed by atoms with Crippen LogP contribution in [0.4, 0.5) is 0 Å². The van der Waals surface area contributed by atoms with Crippen LogP contribution in [0.1, 0.15) is 66.2 Å². The fourth-order valence-corrected chi connectivity index (χ4v) is 9.75. The maximum absolute atomic E-state index is 13.3. The quantitative estimate of drug-likeness (QED) is 0.358. The van der Waals surface area contributed by atoms with Gasteiger partial charge in [0.25, 0.3) is 0 Å². The van der Waals surface area contributed by atoms with E-state index in [1.54, 1.807) is 6.92 Å². The molecule has 176 valence electrons. The van der Waals surface area contributed by atoms with Crippen LogP contribution in [0.15, 0.2) is 23.8 Å². The Hall–Kier alpha value is -2.24. The van der Waals surface area contributed by atoms with E-state index in [0.29, 0.717) is 6.42 Å². The van der Waals surface area contributed by atoms with Gasteiger partial charge in [0, 0.05) is 23.7 Å². The number of allylic oxidation sites excluding steroid dienone is 4. The fourth-order valence-electron chi connectivity index (χ4n) is 9.75. The van der Waals surface area contributed by atoms with Gasteiger partial charge in [0.2, 0.25) is 0 Å². The van der Waals surface area contributed by atoms with Gasteiger partial charge in [-0.1, -0.05) is 37.6 Å². The number of ketones is 1. The molecule has 0 aromatic rings. The summed E-state index contributed by atoms with van der Waals surface area (Å²) in [4.78, 5) is 51.0. The topological polar surface area (TPSA) is 86.7 Å². The molecule has 7 rings (SSSR count). The average Bonchev–Trinajstić information content (AvgIpc) is 3.25. The number of fused-ring (bicyclic) bond motifs is 1. The molecule has 33 heavy (non-hydrogen) atoms. The van der Waals surface area contributed by atoms with E-state index in [2.05, 4.69) is 32.1 Å². The molecule has 0 amide bonds. The molecule has 2 spiro atoms. The van der Waals surface area contributed by atoms with Gasteiger partial charge in [0.1, 0.15) is 11.9 Å². The molecule has 0 radical (unpaired) electrons. The monoisotopic (exact) mass is 452 g/mol.